The van der Waals surface area contributed by atoms with Gasteiger partial charge >= 0.3 is 0 Å². The summed E-state index contributed by atoms with van der Waals surface area (Å²) >= 11 is 0. The van der Waals surface area contributed by atoms with Gasteiger partial charge in [-0.1, -0.05) is 129 Å². The van der Waals surface area contributed by atoms with Crippen LogP contribution in [0.2, 0.25) is 0 Å². The number of fused-ring (bicyclic) bond motifs is 7. The van der Waals surface area contributed by atoms with Crippen LogP contribution in [0.4, 0.5) is 5.69 Å². The quantitative estimate of drug-likeness (QED) is 0.149. The fourth-order valence-electron chi connectivity index (χ4n) is 9.26. The largest absolute Gasteiger partial charge is 0.509 e. The van der Waals surface area contributed by atoms with Crippen molar-refractivity contribution in [3.8, 4) is 23.0 Å². The van der Waals surface area contributed by atoms with Crippen LogP contribution in [0.1, 0.15) is 58.2 Å². The Kier molecular flexibility index (Phi) is 10.5. The van der Waals surface area contributed by atoms with Crippen molar-refractivity contribution < 1.29 is 25.8 Å². The molecule has 0 unspecified atom stereocenters. The van der Waals surface area contributed by atoms with Crippen molar-refractivity contribution >= 4 is 60.7 Å². The molecule has 65 heavy (non-hydrogen) atoms. The second-order valence-corrected chi connectivity index (χ2v) is 18.6. The molecule has 11 rings (SSSR count). The van der Waals surface area contributed by atoms with Gasteiger partial charge in [0.2, 0.25) is 0 Å². The van der Waals surface area contributed by atoms with Gasteiger partial charge in [-0.25, -0.2) is 4.98 Å². The van der Waals surface area contributed by atoms with E-state index in [1.54, 1.807) is 0 Å². The number of nitrogens with zero attached hydrogens (tertiary/aromatic N) is 5. The zero-order valence-electron chi connectivity index (χ0n) is 37.3. The third-order valence-electron chi connectivity index (χ3n) is 12.3. The molecule has 7 heteroatoms. The molecule has 0 fully saturated rings. The molecule has 0 bridgehead atoms. The van der Waals surface area contributed by atoms with Crippen LogP contribution in [0, 0.1) is 18.8 Å². The SMILES string of the molecule is CC(C)(C)c1ccnc(-n2c3[c-]c(Oc4[c-]c(N5[CH-]N(C(C)(C)C)C(c6ccccc6)=C5c5ccccc5)ccc4)ccc3c3ccc4c(c5ccccc5n4-c4ccccc4)c32)c1.[Pt]. The Bertz CT molecular complexity index is 3410. The summed E-state index contributed by atoms with van der Waals surface area (Å²) in [5, 5.41) is 4.53. The maximum atomic E-state index is 6.80. The van der Waals surface area contributed by atoms with E-state index < -0.39 is 0 Å². The molecule has 0 N–H and O–H groups in total. The first kappa shape index (κ1) is 42.1. The minimum absolute atomic E-state index is 0. The van der Waals surface area contributed by atoms with E-state index in [9.17, 15) is 0 Å². The van der Waals surface area contributed by atoms with E-state index in [2.05, 4.69) is 231 Å². The van der Waals surface area contributed by atoms with E-state index in [-0.39, 0.29) is 32.0 Å². The number of pyridine rings is 1. The van der Waals surface area contributed by atoms with Gasteiger partial charge in [0.1, 0.15) is 5.82 Å². The Labute approximate surface area is 395 Å². The molecule has 3 aromatic heterocycles. The van der Waals surface area contributed by atoms with Crippen LogP contribution in [0.5, 0.6) is 11.5 Å². The van der Waals surface area contributed by atoms with Gasteiger partial charge in [0.15, 0.2) is 0 Å². The Morgan fingerprint density at radius 3 is 1.91 bits per heavy atom. The summed E-state index contributed by atoms with van der Waals surface area (Å²) in [5.41, 5.74) is 11.6. The number of anilines is 1. The van der Waals surface area contributed by atoms with E-state index in [1.807, 2.05) is 24.4 Å². The summed E-state index contributed by atoms with van der Waals surface area (Å²) in [6, 6.07) is 67.1. The van der Waals surface area contributed by atoms with Crippen molar-refractivity contribution in [2.45, 2.75) is 52.5 Å². The van der Waals surface area contributed by atoms with E-state index in [0.29, 0.717) is 11.5 Å². The molecule has 1 aliphatic rings. The summed E-state index contributed by atoms with van der Waals surface area (Å²) in [6.45, 7) is 15.7. The molecule has 0 atom stereocenters. The second-order valence-electron chi connectivity index (χ2n) is 18.6. The molecule has 10 aromatic rings. The molecular formula is C58H48N5OPt-3. The molecule has 7 aromatic carbocycles. The van der Waals surface area contributed by atoms with Gasteiger partial charge in [0, 0.05) is 72.2 Å². The van der Waals surface area contributed by atoms with Crippen LogP contribution >= 0.6 is 0 Å². The van der Waals surface area contributed by atoms with Crippen molar-refractivity contribution in [1.82, 2.24) is 19.0 Å². The average Bonchev–Trinajstić information content (AvgIpc) is 3.98. The zero-order valence-corrected chi connectivity index (χ0v) is 39.6. The first-order valence-electron chi connectivity index (χ1n) is 22.0. The third-order valence-corrected chi connectivity index (χ3v) is 12.3. The predicted molar refractivity (Wildman–Crippen MR) is 264 cm³/mol. The molecule has 0 saturated heterocycles. The Morgan fingerprint density at radius 2 is 1.20 bits per heavy atom. The summed E-state index contributed by atoms with van der Waals surface area (Å²) in [7, 11) is 0. The minimum Gasteiger partial charge on any atom is -0.509 e. The predicted octanol–water partition coefficient (Wildman–Crippen LogP) is 14.5. The molecule has 0 saturated carbocycles. The van der Waals surface area contributed by atoms with Gasteiger partial charge in [0.25, 0.3) is 0 Å². The number of aromatic nitrogens is 3. The minimum atomic E-state index is -0.208. The second kappa shape index (κ2) is 16.3. The van der Waals surface area contributed by atoms with Gasteiger partial charge < -0.3 is 23.7 Å². The smallest absolute Gasteiger partial charge is 0.135 e. The first-order valence-corrected chi connectivity index (χ1v) is 22.0. The number of hydrogen-bond donors (Lipinski definition) is 0. The Balaban J connectivity index is 0.00000498. The molecule has 324 valence electrons. The number of ether oxygens (including phenoxy) is 1. The number of hydrogen-bond acceptors (Lipinski definition) is 4. The van der Waals surface area contributed by atoms with Crippen molar-refractivity contribution in [3.05, 3.63) is 212 Å². The van der Waals surface area contributed by atoms with E-state index in [1.165, 1.54) is 10.9 Å². The van der Waals surface area contributed by atoms with Crippen LogP contribution in [0.3, 0.4) is 0 Å². The van der Waals surface area contributed by atoms with Gasteiger partial charge in [-0.2, -0.15) is 18.8 Å². The first-order chi connectivity index (χ1) is 31.0. The van der Waals surface area contributed by atoms with Crippen molar-refractivity contribution in [2.75, 3.05) is 4.90 Å². The summed E-state index contributed by atoms with van der Waals surface area (Å²) in [6.07, 6.45) is 1.93. The molecule has 4 heterocycles. The topological polar surface area (TPSA) is 38.5 Å². The molecule has 0 amide bonds. The normalized spacial score (nSPS) is 13.4. The van der Waals surface area contributed by atoms with Crippen LogP contribution in [0.15, 0.2) is 176 Å². The van der Waals surface area contributed by atoms with Crippen molar-refractivity contribution in [3.63, 3.8) is 0 Å². The summed E-state index contributed by atoms with van der Waals surface area (Å²) in [5.74, 6) is 2.01. The van der Waals surface area contributed by atoms with E-state index in [0.717, 1.165) is 77.9 Å². The fourth-order valence-corrected chi connectivity index (χ4v) is 9.26. The zero-order chi connectivity index (χ0) is 43.7. The Hall–Kier alpha value is -6.88. The fraction of sp³-hybridized carbons (Fsp3) is 0.138. The van der Waals surface area contributed by atoms with Crippen LogP contribution in [0.25, 0.3) is 66.5 Å². The number of rotatable bonds is 7. The van der Waals surface area contributed by atoms with Gasteiger partial charge in [-0.15, -0.1) is 41.4 Å². The van der Waals surface area contributed by atoms with Gasteiger partial charge in [-0.05, 0) is 84.7 Å². The third kappa shape index (κ3) is 7.31. The van der Waals surface area contributed by atoms with Gasteiger partial charge in [0.05, 0.1) is 16.6 Å². The number of benzene rings is 7. The summed E-state index contributed by atoms with van der Waals surface area (Å²) < 4.78 is 11.5. The molecule has 6 nitrogen and oxygen atoms in total. The maximum Gasteiger partial charge on any atom is 0.135 e. The van der Waals surface area contributed by atoms with Crippen molar-refractivity contribution in [2.24, 2.45) is 0 Å². The maximum absolute atomic E-state index is 6.80. The van der Waals surface area contributed by atoms with Crippen LogP contribution < -0.4 is 9.64 Å². The number of para-hydroxylation sites is 2. The van der Waals surface area contributed by atoms with Gasteiger partial charge in [-0.3, -0.25) is 0 Å². The molecule has 1 aliphatic heterocycles. The molecular weight excluding hydrogens is 978 g/mol. The van der Waals surface area contributed by atoms with E-state index >= 15 is 0 Å². The Morgan fingerprint density at radius 1 is 0.554 bits per heavy atom. The monoisotopic (exact) mass is 1030 g/mol. The average molecular weight is 1030 g/mol. The van der Waals surface area contributed by atoms with Crippen LogP contribution in [-0.4, -0.2) is 24.6 Å². The molecule has 0 aliphatic carbocycles. The van der Waals surface area contributed by atoms with Crippen LogP contribution in [-0.2, 0) is 26.5 Å². The van der Waals surface area contributed by atoms with Crippen molar-refractivity contribution in [1.29, 1.82) is 0 Å². The van der Waals surface area contributed by atoms with E-state index in [4.69, 9.17) is 9.72 Å². The summed E-state index contributed by atoms with van der Waals surface area (Å²) in [4.78, 5) is 9.68. The molecule has 0 radical (unpaired) electrons. The molecule has 0 spiro atoms. The standard InChI is InChI=1S/C58H48N5O.Pt/c1-57(2,3)41-33-34-59-52(35-41)63-51-37-45(29-30-46(51)47-31-32-50-53(56(47)63)48-27-16-17-28-49(48)62(50)42-23-14-9-15-24-42)64-44-26-18-25-43(36-44)60-38-61(58(4,5)6)55(40-21-12-8-13-22-40)54(60)39-19-10-7-11-20-39;/h7-35,38H,1-6H3;/q-3;.